The third-order valence-corrected chi connectivity index (χ3v) is 7.07. The second-order valence-corrected chi connectivity index (χ2v) is 9.91. The summed E-state index contributed by atoms with van der Waals surface area (Å²) in [5.74, 6) is -2.45. The van der Waals surface area contributed by atoms with E-state index in [1.165, 1.54) is 12.1 Å². The summed E-state index contributed by atoms with van der Waals surface area (Å²) < 4.78 is 1.71. The highest BCUT2D eigenvalue weighted by atomic mass is 16.4. The molecule has 0 bridgehead atoms. The van der Waals surface area contributed by atoms with Crippen molar-refractivity contribution in [2.24, 2.45) is 5.73 Å². The van der Waals surface area contributed by atoms with Gasteiger partial charge in [-0.1, -0.05) is 12.1 Å². The molecule has 2 heterocycles. The number of carboxylic acid groups (broad SMARTS) is 2. The van der Waals surface area contributed by atoms with Crippen LogP contribution >= 0.6 is 0 Å². The Morgan fingerprint density at radius 1 is 1.12 bits per heavy atom. The highest BCUT2D eigenvalue weighted by Crippen LogP contribution is 2.31. The number of aromatic nitrogens is 2. The van der Waals surface area contributed by atoms with E-state index in [4.69, 9.17) is 16.6 Å². The van der Waals surface area contributed by atoms with Gasteiger partial charge in [0.05, 0.1) is 11.7 Å². The number of nitrogen functional groups attached to an aromatic ring is 1. The molecular weight excluding hydrogens is 544 g/mol. The fourth-order valence-corrected chi connectivity index (χ4v) is 4.73. The number of nitrogens with two attached hydrogens (primary N) is 2. The Balaban J connectivity index is 1.43. The molecule has 0 radical (unpaired) electrons. The summed E-state index contributed by atoms with van der Waals surface area (Å²) in [4.78, 5) is 53.5. The first-order valence-electron chi connectivity index (χ1n) is 13.4. The van der Waals surface area contributed by atoms with Crippen molar-refractivity contribution in [2.75, 3.05) is 47.9 Å². The van der Waals surface area contributed by atoms with Gasteiger partial charge in [0.15, 0.2) is 0 Å². The second kappa shape index (κ2) is 13.0. The van der Waals surface area contributed by atoms with E-state index in [1.807, 2.05) is 36.2 Å². The van der Waals surface area contributed by atoms with Crippen molar-refractivity contribution in [3.8, 4) is 5.69 Å². The highest BCUT2D eigenvalue weighted by Gasteiger charge is 2.29. The number of nitrogens with one attached hydrogen (secondary N) is 3. The minimum atomic E-state index is -1.31. The predicted molar refractivity (Wildman–Crippen MR) is 158 cm³/mol. The average molecular weight is 579 g/mol. The number of benzene rings is 2. The van der Waals surface area contributed by atoms with Crippen molar-refractivity contribution in [1.29, 1.82) is 0 Å². The first-order valence-corrected chi connectivity index (χ1v) is 13.4. The topological polar surface area (TPSA) is 218 Å². The lowest BCUT2D eigenvalue weighted by Gasteiger charge is -2.37. The molecule has 3 aromatic rings. The predicted octanol–water partition coefficient (Wildman–Crippen LogP) is 0.706. The van der Waals surface area contributed by atoms with Gasteiger partial charge < -0.3 is 42.5 Å². The van der Waals surface area contributed by atoms with Gasteiger partial charge >= 0.3 is 11.9 Å². The molecule has 0 saturated carbocycles. The van der Waals surface area contributed by atoms with Crippen LogP contribution in [0.25, 0.3) is 5.69 Å². The number of likely N-dealkylation sites (N-methyl/N-ethyl adjacent to an activating group) is 1. The fraction of sp³-hybridized carbons (Fsp3) is 0.321. The molecule has 4 rings (SSSR count). The van der Waals surface area contributed by atoms with Gasteiger partial charge in [-0.05, 0) is 61.3 Å². The Bertz CT molecular complexity index is 1510. The van der Waals surface area contributed by atoms with Gasteiger partial charge in [-0.3, -0.25) is 19.0 Å². The van der Waals surface area contributed by atoms with Gasteiger partial charge in [0.25, 0.3) is 11.5 Å². The Labute approximate surface area is 241 Å². The van der Waals surface area contributed by atoms with Crippen LogP contribution in [0.4, 0.5) is 23.1 Å². The Morgan fingerprint density at radius 2 is 1.81 bits per heavy atom. The van der Waals surface area contributed by atoms with Gasteiger partial charge in [0.2, 0.25) is 5.95 Å². The number of hydrogen-bond acceptors (Lipinski definition) is 10. The van der Waals surface area contributed by atoms with Crippen molar-refractivity contribution in [1.82, 2.24) is 14.9 Å². The normalized spacial score (nSPS) is 14.8. The molecule has 14 nitrogen and oxygen atoms in total. The number of carboxylic acids is 2. The van der Waals surface area contributed by atoms with Crippen molar-refractivity contribution >= 4 is 41.0 Å². The summed E-state index contributed by atoms with van der Waals surface area (Å²) >= 11 is 0. The molecule has 2 atom stereocenters. The first kappa shape index (κ1) is 29.9. The van der Waals surface area contributed by atoms with E-state index in [1.54, 1.807) is 16.7 Å². The van der Waals surface area contributed by atoms with Crippen LogP contribution in [0.15, 0.2) is 53.3 Å². The van der Waals surface area contributed by atoms with Gasteiger partial charge in [-0.25, -0.2) is 4.79 Å². The van der Waals surface area contributed by atoms with E-state index < -0.39 is 29.4 Å². The van der Waals surface area contributed by atoms with Crippen LogP contribution < -0.4 is 37.9 Å². The van der Waals surface area contributed by atoms with Crippen molar-refractivity contribution < 1.29 is 24.6 Å². The molecule has 2 aromatic carbocycles. The van der Waals surface area contributed by atoms with Crippen LogP contribution in [0.2, 0.25) is 0 Å². The number of rotatable bonds is 12. The molecule has 1 aromatic heterocycles. The molecule has 0 saturated heterocycles. The summed E-state index contributed by atoms with van der Waals surface area (Å²) in [7, 11) is 1.82. The van der Waals surface area contributed by atoms with Gasteiger partial charge in [0, 0.05) is 37.8 Å². The molecule has 0 fully saturated rings. The maximum atomic E-state index is 12.9. The zero-order valence-electron chi connectivity index (χ0n) is 23.0. The number of aliphatic carboxylic acids is 2. The minimum Gasteiger partial charge on any atom is -0.481 e. The molecule has 1 unspecified atom stereocenters. The third-order valence-electron chi connectivity index (χ3n) is 7.07. The van der Waals surface area contributed by atoms with Crippen LogP contribution in [0.5, 0.6) is 0 Å². The Morgan fingerprint density at radius 3 is 2.43 bits per heavy atom. The summed E-state index contributed by atoms with van der Waals surface area (Å²) in [5.41, 5.74) is 14.5. The minimum absolute atomic E-state index is 0.0727. The van der Waals surface area contributed by atoms with Crippen molar-refractivity contribution in [3.05, 3.63) is 70.0 Å². The van der Waals surface area contributed by atoms with Gasteiger partial charge in [-0.2, -0.15) is 4.98 Å². The van der Waals surface area contributed by atoms with E-state index in [0.717, 1.165) is 17.7 Å². The molecule has 0 spiro atoms. The number of nitrogens with zero attached hydrogens (tertiary/aromatic N) is 3. The Kier molecular flexibility index (Phi) is 9.27. The molecule has 0 aliphatic carbocycles. The summed E-state index contributed by atoms with van der Waals surface area (Å²) in [6.45, 7) is 1.49. The zero-order valence-corrected chi connectivity index (χ0v) is 23.0. The number of fused-ring (bicyclic) bond motifs is 1. The number of anilines is 4. The molecule has 14 heteroatoms. The number of carbonyl (C=O) groups excluding carboxylic acids is 1. The standard InChI is InChI=1S/C28H34N8O6/c1-35-20(14-31-18-6-4-17(5-7-18)25(39)33-21(27(41)42)10-11-22(37)38)15-32-24-23(35)26(40)34-28(30)36(24)19-8-2-16(3-9-19)12-13-29/h2-9,20-21,31-32H,10-15,29H2,1H3,(H,33,39)(H,37,38)(H,41,42)(H2,30,34,40)/t20-,21?/m0/s1. The lowest BCUT2D eigenvalue weighted by molar-refractivity contribution is -0.140. The quantitative estimate of drug-likeness (QED) is 0.158. The largest absolute Gasteiger partial charge is 0.481 e. The zero-order chi connectivity index (χ0) is 30.4. The Hall–Kier alpha value is -5.11. The molecule has 1 amide bonds. The number of hydrogen-bond donors (Lipinski definition) is 7. The SMILES string of the molecule is CN1c2c(n(-c3ccc(CCN)cc3)c(N)nc2=O)NC[C@@H]1CNc1ccc(C(=O)NC(CCC(=O)O)C(=O)O)cc1. The molecular formula is C28H34N8O6. The van der Waals surface area contributed by atoms with Gasteiger partial charge in [-0.15, -0.1) is 0 Å². The van der Waals surface area contributed by atoms with Crippen molar-refractivity contribution in [3.63, 3.8) is 0 Å². The van der Waals surface area contributed by atoms with E-state index >= 15 is 0 Å². The van der Waals surface area contributed by atoms with Crippen LogP contribution in [0, 0.1) is 0 Å². The number of amides is 1. The lowest BCUT2D eigenvalue weighted by atomic mass is 10.1. The van der Waals surface area contributed by atoms with E-state index in [0.29, 0.717) is 36.8 Å². The second-order valence-electron chi connectivity index (χ2n) is 9.91. The van der Waals surface area contributed by atoms with Crippen molar-refractivity contribution in [2.45, 2.75) is 31.3 Å². The monoisotopic (exact) mass is 578 g/mol. The summed E-state index contributed by atoms with van der Waals surface area (Å²) in [6.07, 6.45) is 0.146. The molecule has 9 N–H and O–H groups in total. The number of carbonyl (C=O) groups is 3. The third kappa shape index (κ3) is 6.78. The van der Waals surface area contributed by atoms with E-state index in [9.17, 15) is 24.3 Å². The van der Waals surface area contributed by atoms with E-state index in [-0.39, 0.29) is 30.4 Å². The first-order chi connectivity index (χ1) is 20.1. The fourth-order valence-electron chi connectivity index (χ4n) is 4.73. The molecule has 42 heavy (non-hydrogen) atoms. The van der Waals surface area contributed by atoms with Gasteiger partial charge in [0.1, 0.15) is 17.5 Å². The average Bonchev–Trinajstić information content (AvgIpc) is 2.95. The maximum Gasteiger partial charge on any atom is 0.326 e. The highest BCUT2D eigenvalue weighted by molar-refractivity contribution is 5.97. The molecule has 1 aliphatic rings. The summed E-state index contributed by atoms with van der Waals surface area (Å²) in [6, 6.07) is 12.7. The van der Waals surface area contributed by atoms with Crippen LogP contribution in [0.1, 0.15) is 28.8 Å². The van der Waals surface area contributed by atoms with Crippen LogP contribution in [-0.2, 0) is 16.0 Å². The maximum absolute atomic E-state index is 12.9. The molecule has 1 aliphatic heterocycles. The van der Waals surface area contributed by atoms with E-state index in [2.05, 4.69) is 20.9 Å². The smallest absolute Gasteiger partial charge is 0.326 e. The van der Waals surface area contributed by atoms with Crippen LogP contribution in [0.3, 0.4) is 0 Å². The lowest BCUT2D eigenvalue weighted by Crippen LogP contribution is -2.49. The summed E-state index contributed by atoms with van der Waals surface area (Å²) in [5, 5.41) is 27.1. The van der Waals surface area contributed by atoms with Crippen LogP contribution in [-0.4, -0.2) is 76.4 Å². The molecule has 222 valence electrons.